The number of aliphatic hydroxyl groups excluding tert-OH is 2. The van der Waals surface area contributed by atoms with Crippen LogP contribution >= 0.6 is 0 Å². The highest BCUT2D eigenvalue weighted by Gasteiger charge is 2.12. The Morgan fingerprint density at radius 1 is 1.18 bits per heavy atom. The van der Waals surface area contributed by atoms with Gasteiger partial charge in [-0.2, -0.15) is 0 Å². The van der Waals surface area contributed by atoms with E-state index in [-0.39, 0.29) is 5.76 Å². The minimum absolute atomic E-state index is 0.287. The van der Waals surface area contributed by atoms with Crippen LogP contribution in [-0.2, 0) is 0 Å². The molecule has 0 aromatic heterocycles. The van der Waals surface area contributed by atoms with E-state index in [1.807, 2.05) is 6.08 Å². The normalized spacial score (nSPS) is 27.7. The molecule has 2 nitrogen and oxygen atoms in total. The largest absolute Gasteiger partial charge is 0.512 e. The quantitative estimate of drug-likeness (QED) is 0.765. The Kier molecular flexibility index (Phi) is 4.43. The van der Waals surface area contributed by atoms with Crippen molar-refractivity contribution in [2.24, 2.45) is 5.92 Å². The van der Waals surface area contributed by atoms with E-state index >= 15 is 0 Å². The first-order chi connectivity index (χ1) is 8.24. The van der Waals surface area contributed by atoms with Crippen LogP contribution in [0.4, 0.5) is 0 Å². The molecule has 2 N–H and O–H groups in total. The lowest BCUT2D eigenvalue weighted by Crippen LogP contribution is -2.04. The van der Waals surface area contributed by atoms with Crippen LogP contribution in [0, 0.1) is 5.92 Å². The molecule has 0 bridgehead atoms. The molecule has 0 heterocycles. The lowest BCUT2D eigenvalue weighted by atomic mass is 9.88. The van der Waals surface area contributed by atoms with Gasteiger partial charge in [-0.1, -0.05) is 37.5 Å². The molecule has 0 saturated heterocycles. The Morgan fingerprint density at radius 3 is 2.71 bits per heavy atom. The van der Waals surface area contributed by atoms with Crippen molar-refractivity contribution in [3.05, 3.63) is 35.6 Å². The van der Waals surface area contributed by atoms with Crippen molar-refractivity contribution in [2.75, 3.05) is 0 Å². The van der Waals surface area contributed by atoms with Gasteiger partial charge in [0, 0.05) is 6.42 Å². The molecule has 17 heavy (non-hydrogen) atoms. The molecular weight excluding hydrogens is 212 g/mol. The highest BCUT2D eigenvalue weighted by atomic mass is 16.3. The summed E-state index contributed by atoms with van der Waals surface area (Å²) in [4.78, 5) is 0. The van der Waals surface area contributed by atoms with Crippen molar-refractivity contribution < 1.29 is 10.2 Å². The molecule has 2 heteroatoms. The smallest absolute Gasteiger partial charge is 0.0954 e. The van der Waals surface area contributed by atoms with Crippen LogP contribution < -0.4 is 0 Å². The van der Waals surface area contributed by atoms with Gasteiger partial charge < -0.3 is 10.2 Å². The molecule has 2 aliphatic carbocycles. The van der Waals surface area contributed by atoms with Crippen molar-refractivity contribution >= 4 is 0 Å². The predicted molar refractivity (Wildman–Crippen MR) is 69.8 cm³/mol. The molecule has 0 aromatic rings. The van der Waals surface area contributed by atoms with Crippen molar-refractivity contribution in [1.29, 1.82) is 0 Å². The molecule has 2 rings (SSSR count). The van der Waals surface area contributed by atoms with Crippen molar-refractivity contribution in [2.45, 2.75) is 51.0 Å². The van der Waals surface area contributed by atoms with Crippen molar-refractivity contribution in [3.63, 3.8) is 0 Å². The molecule has 1 atom stereocenters. The molecule has 0 aromatic carbocycles. The zero-order chi connectivity index (χ0) is 12.1. The minimum Gasteiger partial charge on any atom is -0.512 e. The third-order valence-corrected chi connectivity index (χ3v) is 3.61. The SMILES string of the molecule is OC1=CC(/C=C/C2CCCCC2)=CCC(O)C1. The van der Waals surface area contributed by atoms with Crippen LogP contribution in [0.15, 0.2) is 35.6 Å². The van der Waals surface area contributed by atoms with E-state index in [1.165, 1.54) is 32.1 Å². The summed E-state index contributed by atoms with van der Waals surface area (Å²) in [5, 5.41) is 19.1. The average Bonchev–Trinajstić information content (AvgIpc) is 2.49. The van der Waals surface area contributed by atoms with Gasteiger partial charge in [-0.05, 0) is 36.8 Å². The summed E-state index contributed by atoms with van der Waals surface area (Å²) >= 11 is 0. The third-order valence-electron chi connectivity index (χ3n) is 3.61. The molecular formula is C15H22O2. The van der Waals surface area contributed by atoms with E-state index in [0.717, 1.165) is 5.57 Å². The van der Waals surface area contributed by atoms with Gasteiger partial charge in [0.05, 0.1) is 11.9 Å². The zero-order valence-corrected chi connectivity index (χ0v) is 10.3. The monoisotopic (exact) mass is 234 g/mol. The number of rotatable bonds is 2. The molecule has 94 valence electrons. The van der Waals surface area contributed by atoms with Gasteiger partial charge in [-0.15, -0.1) is 0 Å². The number of hydrogen-bond acceptors (Lipinski definition) is 2. The molecule has 0 spiro atoms. The summed E-state index contributed by atoms with van der Waals surface area (Å²) in [6, 6.07) is 0. The maximum absolute atomic E-state index is 9.59. The van der Waals surface area contributed by atoms with Gasteiger partial charge in [0.1, 0.15) is 0 Å². The van der Waals surface area contributed by atoms with E-state index in [9.17, 15) is 10.2 Å². The minimum atomic E-state index is -0.438. The molecule has 2 aliphatic rings. The predicted octanol–water partition coefficient (Wildman–Crippen LogP) is 3.65. The van der Waals surface area contributed by atoms with Crippen molar-refractivity contribution in [1.82, 2.24) is 0 Å². The highest BCUT2D eigenvalue weighted by Crippen LogP contribution is 2.25. The Balaban J connectivity index is 1.96. The Hall–Kier alpha value is -1.02. The summed E-state index contributed by atoms with van der Waals surface area (Å²) in [6.07, 6.45) is 15.4. The first kappa shape index (κ1) is 12.4. The maximum atomic E-state index is 9.59. The number of aliphatic hydroxyl groups is 2. The van der Waals surface area contributed by atoms with E-state index in [2.05, 4.69) is 12.2 Å². The fourth-order valence-corrected chi connectivity index (χ4v) is 2.60. The fourth-order valence-electron chi connectivity index (χ4n) is 2.60. The fraction of sp³-hybridized carbons (Fsp3) is 0.600. The van der Waals surface area contributed by atoms with E-state index < -0.39 is 6.10 Å². The highest BCUT2D eigenvalue weighted by molar-refractivity contribution is 5.33. The number of hydrogen-bond donors (Lipinski definition) is 2. The maximum Gasteiger partial charge on any atom is 0.0954 e. The van der Waals surface area contributed by atoms with Crippen LogP contribution in [0.25, 0.3) is 0 Å². The van der Waals surface area contributed by atoms with Crippen LogP contribution in [0.5, 0.6) is 0 Å². The summed E-state index contributed by atoms with van der Waals surface area (Å²) < 4.78 is 0. The third kappa shape index (κ3) is 4.04. The van der Waals surface area contributed by atoms with Crippen LogP contribution in [0.2, 0.25) is 0 Å². The van der Waals surface area contributed by atoms with Crippen molar-refractivity contribution in [3.8, 4) is 0 Å². The lowest BCUT2D eigenvalue weighted by molar-refractivity contribution is 0.162. The van der Waals surface area contributed by atoms with Crippen LogP contribution in [-0.4, -0.2) is 16.3 Å². The summed E-state index contributed by atoms with van der Waals surface area (Å²) in [5.41, 5.74) is 1.03. The lowest BCUT2D eigenvalue weighted by Gasteiger charge is -2.17. The average molecular weight is 234 g/mol. The Labute approximate surface area is 103 Å². The molecule has 1 unspecified atom stereocenters. The van der Waals surface area contributed by atoms with E-state index in [4.69, 9.17) is 0 Å². The standard InChI is InChI=1S/C15H22O2/c16-14-9-8-13(10-15(17)11-14)7-6-12-4-2-1-3-5-12/h6-8,10,12,14,16-17H,1-5,9,11H2/b7-6+. The van der Waals surface area contributed by atoms with Gasteiger partial charge in [0.25, 0.3) is 0 Å². The molecule has 1 saturated carbocycles. The van der Waals surface area contributed by atoms with Gasteiger partial charge >= 0.3 is 0 Å². The summed E-state index contributed by atoms with van der Waals surface area (Å²) in [5.74, 6) is 0.989. The molecule has 1 fully saturated rings. The van der Waals surface area contributed by atoms with Gasteiger partial charge in [-0.3, -0.25) is 0 Å². The van der Waals surface area contributed by atoms with E-state index in [0.29, 0.717) is 18.8 Å². The Bertz CT molecular complexity index is 333. The Morgan fingerprint density at radius 2 is 1.94 bits per heavy atom. The second-order valence-electron chi connectivity index (χ2n) is 5.19. The summed E-state index contributed by atoms with van der Waals surface area (Å²) in [7, 11) is 0. The van der Waals surface area contributed by atoms with Gasteiger partial charge in [0.15, 0.2) is 0 Å². The second-order valence-corrected chi connectivity index (χ2v) is 5.19. The molecule has 0 aliphatic heterocycles. The van der Waals surface area contributed by atoms with Crippen LogP contribution in [0.3, 0.4) is 0 Å². The van der Waals surface area contributed by atoms with E-state index in [1.54, 1.807) is 6.08 Å². The first-order valence-corrected chi connectivity index (χ1v) is 6.70. The second kappa shape index (κ2) is 6.06. The van der Waals surface area contributed by atoms with Gasteiger partial charge in [0.2, 0.25) is 0 Å². The summed E-state index contributed by atoms with van der Waals surface area (Å²) in [6.45, 7) is 0. The first-order valence-electron chi connectivity index (χ1n) is 6.70. The zero-order valence-electron chi connectivity index (χ0n) is 10.3. The van der Waals surface area contributed by atoms with Crippen LogP contribution in [0.1, 0.15) is 44.9 Å². The topological polar surface area (TPSA) is 40.5 Å². The molecule has 0 radical (unpaired) electrons. The van der Waals surface area contributed by atoms with Gasteiger partial charge in [-0.25, -0.2) is 0 Å². The number of allylic oxidation sites excluding steroid dienone is 4. The molecule has 0 amide bonds.